The number of nitrogens with zero attached hydrogens (tertiary/aromatic N) is 4. The minimum absolute atomic E-state index is 0.00368. The van der Waals surface area contributed by atoms with Crippen molar-refractivity contribution in [3.63, 3.8) is 0 Å². The summed E-state index contributed by atoms with van der Waals surface area (Å²) in [4.78, 5) is 28.3. The van der Waals surface area contributed by atoms with Gasteiger partial charge in [0.1, 0.15) is 17.0 Å². The fourth-order valence-corrected chi connectivity index (χ4v) is 4.89. The molecule has 1 aliphatic heterocycles. The van der Waals surface area contributed by atoms with E-state index in [0.29, 0.717) is 26.3 Å². The molecule has 1 amide bonds. The van der Waals surface area contributed by atoms with E-state index in [4.69, 9.17) is 17.3 Å². The summed E-state index contributed by atoms with van der Waals surface area (Å²) in [5.74, 6) is 0.436. The summed E-state index contributed by atoms with van der Waals surface area (Å²) in [6.07, 6.45) is 2.98. The van der Waals surface area contributed by atoms with Crippen molar-refractivity contribution in [1.82, 2.24) is 24.6 Å². The predicted octanol–water partition coefficient (Wildman–Crippen LogP) is 4.74. The van der Waals surface area contributed by atoms with E-state index in [-0.39, 0.29) is 34.2 Å². The average molecular weight is 525 g/mol. The van der Waals surface area contributed by atoms with Crippen LogP contribution in [0.4, 0.5) is 13.2 Å². The molecule has 0 bridgehead atoms. The molecule has 1 fully saturated rings. The van der Waals surface area contributed by atoms with E-state index in [2.05, 4.69) is 15.4 Å². The van der Waals surface area contributed by atoms with Crippen molar-refractivity contribution < 1.29 is 22.8 Å². The van der Waals surface area contributed by atoms with Crippen molar-refractivity contribution in [2.75, 3.05) is 0 Å². The summed E-state index contributed by atoms with van der Waals surface area (Å²) in [5, 5.41) is 7.85. The Morgan fingerprint density at radius 1 is 1.27 bits per heavy atom. The van der Waals surface area contributed by atoms with Gasteiger partial charge in [-0.15, -0.1) is 0 Å². The lowest BCUT2D eigenvalue weighted by atomic mass is 10.00. The molecule has 1 saturated carbocycles. The van der Waals surface area contributed by atoms with E-state index >= 15 is 0 Å². The largest absolute Gasteiger partial charge is 0.434 e. The number of primary amides is 1. The molecule has 1 aliphatic carbocycles. The second kappa shape index (κ2) is 8.09. The molecule has 12 heteroatoms. The van der Waals surface area contributed by atoms with Gasteiger partial charge in [0.15, 0.2) is 11.6 Å². The van der Waals surface area contributed by atoms with Crippen LogP contribution in [0.25, 0.3) is 39.8 Å². The van der Waals surface area contributed by atoms with E-state index in [0.717, 1.165) is 12.8 Å². The maximum Gasteiger partial charge on any atom is 0.434 e. The first kappa shape index (κ1) is 23.1. The summed E-state index contributed by atoms with van der Waals surface area (Å²) in [6, 6.07) is 6.28. The van der Waals surface area contributed by atoms with Crippen LogP contribution in [0.1, 0.15) is 46.1 Å². The number of hydrogen-bond acceptors (Lipinski definition) is 5. The van der Waals surface area contributed by atoms with Crippen LogP contribution in [0, 0.1) is 0 Å². The van der Waals surface area contributed by atoms with Gasteiger partial charge in [0, 0.05) is 46.7 Å². The summed E-state index contributed by atoms with van der Waals surface area (Å²) >= 11 is 6.42. The van der Waals surface area contributed by atoms with E-state index in [1.807, 2.05) is 4.57 Å². The lowest BCUT2D eigenvalue weighted by molar-refractivity contribution is -0.143. The molecule has 3 aromatic heterocycles. The second-order valence-corrected chi connectivity index (χ2v) is 9.16. The number of rotatable bonds is 4. The van der Waals surface area contributed by atoms with Gasteiger partial charge in [0.25, 0.3) is 5.91 Å². The highest BCUT2D eigenvalue weighted by atomic mass is 35.5. The maximum atomic E-state index is 14.5. The zero-order valence-corrected chi connectivity index (χ0v) is 19.6. The molecule has 0 atom stereocenters. The molecule has 0 saturated heterocycles. The molecule has 8 nitrogen and oxygen atoms in total. The number of pyridine rings is 1. The number of fused-ring (bicyclic) bond motifs is 2. The van der Waals surface area contributed by atoms with Gasteiger partial charge < -0.3 is 15.6 Å². The van der Waals surface area contributed by atoms with Crippen molar-refractivity contribution in [3.8, 4) is 16.9 Å². The fourth-order valence-electron chi connectivity index (χ4n) is 4.64. The number of alkyl halides is 3. The molecule has 0 radical (unpaired) electrons. The van der Waals surface area contributed by atoms with Crippen LogP contribution in [0.15, 0.2) is 42.9 Å². The number of amides is 1. The van der Waals surface area contributed by atoms with E-state index in [1.54, 1.807) is 24.3 Å². The van der Waals surface area contributed by atoms with Gasteiger partial charge in [0.05, 0.1) is 16.3 Å². The molecule has 2 aliphatic rings. The van der Waals surface area contributed by atoms with Crippen LogP contribution in [0.5, 0.6) is 0 Å². The zero-order valence-electron chi connectivity index (χ0n) is 18.8. The predicted molar refractivity (Wildman–Crippen MR) is 130 cm³/mol. The minimum atomic E-state index is -5.00. The number of aromatic nitrogens is 4. The monoisotopic (exact) mass is 524 g/mol. The van der Waals surface area contributed by atoms with E-state index < -0.39 is 23.3 Å². The molecule has 6 rings (SSSR count). The maximum absolute atomic E-state index is 14.5. The highest BCUT2D eigenvalue weighted by Gasteiger charge is 2.43. The normalized spacial score (nSPS) is 15.0. The van der Waals surface area contributed by atoms with Crippen molar-refractivity contribution in [1.29, 1.82) is 0 Å². The quantitative estimate of drug-likeness (QED) is 0.375. The molecule has 37 heavy (non-hydrogen) atoms. The average Bonchev–Trinajstić information content (AvgIpc) is 3.54. The number of benzene rings is 1. The van der Waals surface area contributed by atoms with Gasteiger partial charge in [0.2, 0.25) is 0 Å². The van der Waals surface area contributed by atoms with Crippen molar-refractivity contribution in [2.45, 2.75) is 25.1 Å². The molecule has 0 unspecified atom stereocenters. The van der Waals surface area contributed by atoms with Crippen LogP contribution < -0.4 is 11.1 Å². The summed E-state index contributed by atoms with van der Waals surface area (Å²) < 4.78 is 46.0. The van der Waals surface area contributed by atoms with Gasteiger partial charge in [-0.05, 0) is 31.1 Å². The Kier molecular flexibility index (Phi) is 5.05. The van der Waals surface area contributed by atoms with Gasteiger partial charge in [-0.1, -0.05) is 23.7 Å². The Bertz CT molecular complexity index is 1710. The standard InChI is InChI=1S/C25H16ClF3N6O2/c26-17-10-34(13-4-5-13)24-16(17)8-12(9-32-24)21-20(23(30)37)22(25(27,28)29)35(33-21)19-3-1-2-14-15(19)6-7-31-18(14)11-36/h1-3,6-10,13,31H,4-5H2,(H2,30,37). The number of halogens is 4. The van der Waals surface area contributed by atoms with Gasteiger partial charge >= 0.3 is 6.18 Å². The first-order valence-electron chi connectivity index (χ1n) is 11.2. The van der Waals surface area contributed by atoms with E-state index in [1.165, 1.54) is 30.6 Å². The van der Waals surface area contributed by atoms with Crippen LogP contribution in [0.3, 0.4) is 0 Å². The van der Waals surface area contributed by atoms with Crippen molar-refractivity contribution >= 4 is 46.3 Å². The van der Waals surface area contributed by atoms with E-state index in [9.17, 15) is 22.8 Å². The Morgan fingerprint density at radius 3 is 2.73 bits per heavy atom. The first-order chi connectivity index (χ1) is 17.7. The Balaban J connectivity index is 1.63. The van der Waals surface area contributed by atoms with Gasteiger partial charge in [-0.25, -0.2) is 14.5 Å². The Hall–Kier alpha value is -4.34. The molecule has 1 aromatic carbocycles. The molecule has 0 spiro atoms. The van der Waals surface area contributed by atoms with Crippen molar-refractivity contribution in [3.05, 3.63) is 70.3 Å². The topological polar surface area (TPSA) is 108 Å². The highest BCUT2D eigenvalue weighted by Crippen LogP contribution is 2.42. The third-order valence-electron chi connectivity index (χ3n) is 6.40. The Morgan fingerprint density at radius 2 is 2.05 bits per heavy atom. The molecular weight excluding hydrogens is 509 g/mol. The summed E-state index contributed by atoms with van der Waals surface area (Å²) in [6.45, 7) is 0. The molecule has 3 N–H and O–H groups in total. The number of nitrogens with one attached hydrogen (secondary N) is 1. The fraction of sp³-hybridized carbons (Fsp3) is 0.160. The van der Waals surface area contributed by atoms with Crippen LogP contribution in [-0.2, 0) is 11.0 Å². The van der Waals surface area contributed by atoms with Crippen molar-refractivity contribution in [2.24, 2.45) is 5.73 Å². The number of nitrogens with two attached hydrogens (primary N) is 1. The minimum Gasteiger partial charge on any atom is -0.365 e. The Labute approximate surface area is 211 Å². The van der Waals surface area contributed by atoms with Gasteiger partial charge in [-0.2, -0.15) is 18.3 Å². The molecular formula is C25H16ClF3N6O2. The summed E-state index contributed by atoms with van der Waals surface area (Å²) in [5.41, 5.74) is 4.48. The molecule has 4 aromatic rings. The summed E-state index contributed by atoms with van der Waals surface area (Å²) in [7, 11) is 0. The third kappa shape index (κ3) is 3.62. The second-order valence-electron chi connectivity index (χ2n) is 8.75. The smallest absolute Gasteiger partial charge is 0.365 e. The van der Waals surface area contributed by atoms with Crippen LogP contribution >= 0.6 is 11.6 Å². The van der Waals surface area contributed by atoms with Gasteiger partial charge in [-0.3, -0.25) is 4.79 Å². The molecule has 4 heterocycles. The van der Waals surface area contributed by atoms with Crippen LogP contribution in [0.2, 0.25) is 5.02 Å². The molecule has 186 valence electrons. The highest BCUT2D eigenvalue weighted by molar-refractivity contribution is 6.35. The zero-order chi connectivity index (χ0) is 26.1. The van der Waals surface area contributed by atoms with Crippen LogP contribution in [-0.4, -0.2) is 31.2 Å². The third-order valence-corrected chi connectivity index (χ3v) is 6.70. The lowest BCUT2D eigenvalue weighted by Crippen LogP contribution is -2.22. The first-order valence-corrected chi connectivity index (χ1v) is 11.5. The number of carbonyl (C=O) groups is 1. The lowest BCUT2D eigenvalue weighted by Gasteiger charge is -2.18. The number of hydrogen-bond donors (Lipinski definition) is 2. The number of carbonyl (C=O) groups excluding carboxylic acids is 2. The SMILES string of the molecule is NC(=O)c1c(-c2cnc3c(c2)c(Cl)cn3C2CC2)nn(-c2cccc3c2C=CNC3=C=O)c1C(F)(F)F.